The molecule has 1 fully saturated rings. The zero-order valence-electron chi connectivity index (χ0n) is 16.6. The molecule has 0 spiro atoms. The minimum atomic E-state index is -0.147. The lowest BCUT2D eigenvalue weighted by atomic mass is 10.0. The summed E-state index contributed by atoms with van der Waals surface area (Å²) in [4.78, 5) is 20.0. The first-order chi connectivity index (χ1) is 14.7. The third-order valence-electron chi connectivity index (χ3n) is 5.27. The van der Waals surface area contributed by atoms with E-state index in [0.717, 1.165) is 63.9 Å². The van der Waals surface area contributed by atoms with Gasteiger partial charge in [0.25, 0.3) is 5.91 Å². The summed E-state index contributed by atoms with van der Waals surface area (Å²) in [6.07, 6.45) is 0. The molecule has 1 amide bonds. The largest absolute Gasteiger partial charge is 0.496 e. The number of thiazole rings is 1. The summed E-state index contributed by atoms with van der Waals surface area (Å²) in [5.41, 5.74) is 2.31. The van der Waals surface area contributed by atoms with Crippen LogP contribution in [0.1, 0.15) is 10.4 Å². The molecular weight excluding hydrogens is 398 g/mol. The highest BCUT2D eigenvalue weighted by Crippen LogP contribution is 2.32. The Labute approximate surface area is 178 Å². The highest BCUT2D eigenvalue weighted by molar-refractivity contribution is 7.22. The molecule has 0 bridgehead atoms. The Morgan fingerprint density at radius 3 is 2.70 bits per heavy atom. The molecule has 7 heteroatoms. The van der Waals surface area contributed by atoms with Crippen molar-refractivity contribution in [3.63, 3.8) is 0 Å². The SMILES string of the molecule is COc1ccc(C(=O)Nc2ccc3nc(N4CCOCC4)sc3c2)c2ccccc12. The molecule has 4 aromatic rings. The van der Waals surface area contributed by atoms with Crippen LogP contribution in [0, 0.1) is 0 Å². The molecule has 0 unspecified atom stereocenters. The maximum Gasteiger partial charge on any atom is 0.256 e. The van der Waals surface area contributed by atoms with Crippen LogP contribution in [0.4, 0.5) is 10.8 Å². The van der Waals surface area contributed by atoms with Gasteiger partial charge < -0.3 is 19.7 Å². The summed E-state index contributed by atoms with van der Waals surface area (Å²) in [7, 11) is 1.64. The first-order valence-electron chi connectivity index (χ1n) is 9.83. The number of amides is 1. The normalized spacial score (nSPS) is 14.2. The van der Waals surface area contributed by atoms with Crippen molar-refractivity contribution in [3.05, 3.63) is 60.2 Å². The average molecular weight is 420 g/mol. The number of benzene rings is 3. The molecule has 5 rings (SSSR count). The van der Waals surface area contributed by atoms with Crippen LogP contribution >= 0.6 is 11.3 Å². The first-order valence-corrected chi connectivity index (χ1v) is 10.6. The lowest BCUT2D eigenvalue weighted by Gasteiger charge is -2.25. The molecular formula is C23H21N3O3S. The molecule has 1 aliphatic heterocycles. The minimum absolute atomic E-state index is 0.147. The fourth-order valence-corrected chi connectivity index (χ4v) is 4.78. The van der Waals surface area contributed by atoms with Crippen LogP contribution in [0.5, 0.6) is 5.75 Å². The molecule has 6 nitrogen and oxygen atoms in total. The third-order valence-corrected chi connectivity index (χ3v) is 6.34. The molecule has 0 radical (unpaired) electrons. The molecule has 30 heavy (non-hydrogen) atoms. The summed E-state index contributed by atoms with van der Waals surface area (Å²) in [5, 5.41) is 5.81. The first kappa shape index (κ1) is 18.8. The number of morpholine rings is 1. The van der Waals surface area contributed by atoms with Crippen molar-refractivity contribution < 1.29 is 14.3 Å². The number of carbonyl (C=O) groups excluding carboxylic acids is 1. The number of carbonyl (C=O) groups is 1. The fourth-order valence-electron chi connectivity index (χ4n) is 3.73. The van der Waals surface area contributed by atoms with Gasteiger partial charge in [0.2, 0.25) is 0 Å². The quantitative estimate of drug-likeness (QED) is 0.526. The van der Waals surface area contributed by atoms with Crippen molar-refractivity contribution in [2.45, 2.75) is 0 Å². The number of rotatable bonds is 4. The zero-order valence-corrected chi connectivity index (χ0v) is 17.4. The molecule has 1 saturated heterocycles. The number of fused-ring (bicyclic) bond motifs is 2. The number of aromatic nitrogens is 1. The standard InChI is InChI=1S/C23H21N3O3S/c1-28-20-9-7-18(16-4-2-3-5-17(16)20)22(27)24-15-6-8-19-21(14-15)30-23(25-19)26-10-12-29-13-11-26/h2-9,14H,10-13H2,1H3,(H,24,27). The highest BCUT2D eigenvalue weighted by atomic mass is 32.1. The Bertz CT molecular complexity index is 1230. The van der Waals surface area contributed by atoms with Crippen LogP contribution in [-0.2, 0) is 4.74 Å². The van der Waals surface area contributed by atoms with Gasteiger partial charge in [-0.25, -0.2) is 4.98 Å². The Kier molecular flexibility index (Phi) is 4.98. The Morgan fingerprint density at radius 2 is 1.90 bits per heavy atom. The summed E-state index contributed by atoms with van der Waals surface area (Å²) in [5.74, 6) is 0.606. The smallest absolute Gasteiger partial charge is 0.256 e. The second-order valence-corrected chi connectivity index (χ2v) is 8.10. The van der Waals surface area contributed by atoms with Crippen LogP contribution in [0.3, 0.4) is 0 Å². The Morgan fingerprint density at radius 1 is 1.10 bits per heavy atom. The number of nitrogens with one attached hydrogen (secondary N) is 1. The predicted molar refractivity (Wildman–Crippen MR) is 121 cm³/mol. The van der Waals surface area contributed by atoms with Crippen LogP contribution in [0.25, 0.3) is 21.0 Å². The number of nitrogens with zero attached hydrogens (tertiary/aromatic N) is 2. The fraction of sp³-hybridized carbons (Fsp3) is 0.217. The predicted octanol–water partition coefficient (Wildman–Crippen LogP) is 4.55. The van der Waals surface area contributed by atoms with Gasteiger partial charge in [0, 0.05) is 29.7 Å². The Hall–Kier alpha value is -3.16. The molecule has 0 atom stereocenters. The minimum Gasteiger partial charge on any atom is -0.496 e. The second kappa shape index (κ2) is 7.93. The Balaban J connectivity index is 1.43. The summed E-state index contributed by atoms with van der Waals surface area (Å²) in [6.45, 7) is 3.17. The van der Waals surface area contributed by atoms with Gasteiger partial charge in [-0.05, 0) is 35.7 Å². The number of hydrogen-bond donors (Lipinski definition) is 1. The van der Waals surface area contributed by atoms with Crippen molar-refractivity contribution in [2.24, 2.45) is 0 Å². The van der Waals surface area contributed by atoms with Crippen molar-refractivity contribution in [1.29, 1.82) is 0 Å². The van der Waals surface area contributed by atoms with Gasteiger partial charge in [-0.1, -0.05) is 35.6 Å². The van der Waals surface area contributed by atoms with E-state index in [1.54, 1.807) is 24.5 Å². The molecule has 2 heterocycles. The number of methoxy groups -OCH3 is 1. The molecule has 0 aliphatic carbocycles. The summed E-state index contributed by atoms with van der Waals surface area (Å²) >= 11 is 1.64. The van der Waals surface area contributed by atoms with E-state index >= 15 is 0 Å². The zero-order chi connectivity index (χ0) is 20.5. The molecule has 0 saturated carbocycles. The maximum atomic E-state index is 13.0. The van der Waals surface area contributed by atoms with Gasteiger partial charge in [-0.15, -0.1) is 0 Å². The van der Waals surface area contributed by atoms with Crippen molar-refractivity contribution in [1.82, 2.24) is 4.98 Å². The maximum absolute atomic E-state index is 13.0. The van der Waals surface area contributed by atoms with Gasteiger partial charge in [0.1, 0.15) is 5.75 Å². The van der Waals surface area contributed by atoms with Gasteiger partial charge in [-0.2, -0.15) is 0 Å². The molecule has 1 N–H and O–H groups in total. The number of hydrogen-bond acceptors (Lipinski definition) is 6. The number of ether oxygens (including phenoxy) is 2. The highest BCUT2D eigenvalue weighted by Gasteiger charge is 2.17. The van der Waals surface area contributed by atoms with E-state index in [9.17, 15) is 4.79 Å². The second-order valence-electron chi connectivity index (χ2n) is 7.09. The van der Waals surface area contributed by atoms with Crippen molar-refractivity contribution in [2.75, 3.05) is 43.6 Å². The van der Waals surface area contributed by atoms with E-state index in [4.69, 9.17) is 14.5 Å². The van der Waals surface area contributed by atoms with E-state index in [2.05, 4.69) is 10.2 Å². The van der Waals surface area contributed by atoms with E-state index in [1.165, 1.54) is 0 Å². The topological polar surface area (TPSA) is 63.7 Å². The molecule has 1 aliphatic rings. The van der Waals surface area contributed by atoms with Crippen molar-refractivity contribution in [3.8, 4) is 5.75 Å². The van der Waals surface area contributed by atoms with E-state index < -0.39 is 0 Å². The van der Waals surface area contributed by atoms with E-state index in [-0.39, 0.29) is 5.91 Å². The lowest BCUT2D eigenvalue weighted by Crippen LogP contribution is -2.36. The molecule has 152 valence electrons. The van der Waals surface area contributed by atoms with Crippen LogP contribution < -0.4 is 15.0 Å². The van der Waals surface area contributed by atoms with E-state index in [1.807, 2.05) is 48.5 Å². The van der Waals surface area contributed by atoms with Gasteiger partial charge >= 0.3 is 0 Å². The van der Waals surface area contributed by atoms with Gasteiger partial charge in [0.05, 0.1) is 30.5 Å². The molecule has 3 aromatic carbocycles. The van der Waals surface area contributed by atoms with Crippen LogP contribution in [0.15, 0.2) is 54.6 Å². The van der Waals surface area contributed by atoms with Crippen LogP contribution in [-0.4, -0.2) is 44.3 Å². The van der Waals surface area contributed by atoms with Crippen molar-refractivity contribution >= 4 is 49.1 Å². The van der Waals surface area contributed by atoms with Crippen LogP contribution in [0.2, 0.25) is 0 Å². The van der Waals surface area contributed by atoms with E-state index in [0.29, 0.717) is 5.56 Å². The summed E-state index contributed by atoms with van der Waals surface area (Å²) < 4.78 is 11.9. The summed E-state index contributed by atoms with van der Waals surface area (Å²) in [6, 6.07) is 17.2. The van der Waals surface area contributed by atoms with Gasteiger partial charge in [-0.3, -0.25) is 4.79 Å². The van der Waals surface area contributed by atoms with Gasteiger partial charge in [0.15, 0.2) is 5.13 Å². The molecule has 1 aromatic heterocycles. The lowest BCUT2D eigenvalue weighted by molar-refractivity contribution is 0.102. The monoisotopic (exact) mass is 419 g/mol. The average Bonchev–Trinajstić information content (AvgIpc) is 3.22. The third kappa shape index (κ3) is 3.46. The number of anilines is 2.